The molecule has 116 valence electrons. The molecule has 2 heterocycles. The minimum absolute atomic E-state index is 0.0169. The van der Waals surface area contributed by atoms with E-state index in [2.05, 4.69) is 10.2 Å². The van der Waals surface area contributed by atoms with E-state index < -0.39 is 5.97 Å². The van der Waals surface area contributed by atoms with Crippen molar-refractivity contribution in [2.45, 2.75) is 38.9 Å². The van der Waals surface area contributed by atoms with Crippen LogP contribution in [0.15, 0.2) is 28.7 Å². The Morgan fingerprint density at radius 1 is 1.32 bits per heavy atom. The Labute approximate surface area is 128 Å². The number of aromatic nitrogens is 2. The highest BCUT2D eigenvalue weighted by Gasteiger charge is 2.24. The molecule has 1 aromatic carbocycles. The van der Waals surface area contributed by atoms with Gasteiger partial charge in [-0.25, -0.2) is 4.79 Å². The van der Waals surface area contributed by atoms with Gasteiger partial charge >= 0.3 is 5.97 Å². The van der Waals surface area contributed by atoms with Gasteiger partial charge in [-0.15, -0.1) is 10.2 Å². The molecule has 0 spiro atoms. The first-order valence-corrected chi connectivity index (χ1v) is 7.35. The molecule has 2 atom stereocenters. The Bertz CT molecular complexity index is 668. The van der Waals surface area contributed by atoms with Gasteiger partial charge in [-0.1, -0.05) is 12.1 Å². The molecule has 1 saturated heterocycles. The van der Waals surface area contributed by atoms with Crippen LogP contribution < -0.4 is 0 Å². The highest BCUT2D eigenvalue weighted by Crippen LogP contribution is 2.24. The van der Waals surface area contributed by atoms with Crippen LogP contribution in [-0.2, 0) is 9.47 Å². The molecule has 1 aliphatic rings. The van der Waals surface area contributed by atoms with Gasteiger partial charge in [0.2, 0.25) is 11.8 Å². The predicted octanol–water partition coefficient (Wildman–Crippen LogP) is 2.77. The number of hydrogen-bond acceptors (Lipinski definition) is 6. The Balaban J connectivity index is 1.72. The van der Waals surface area contributed by atoms with Crippen LogP contribution in [0.25, 0.3) is 11.5 Å². The van der Waals surface area contributed by atoms with Gasteiger partial charge in [-0.05, 0) is 31.9 Å². The van der Waals surface area contributed by atoms with Gasteiger partial charge in [-0.2, -0.15) is 0 Å². The topological polar surface area (TPSA) is 74.5 Å². The first-order valence-electron chi connectivity index (χ1n) is 7.35. The average molecular weight is 302 g/mol. The second kappa shape index (κ2) is 6.27. The summed E-state index contributed by atoms with van der Waals surface area (Å²) >= 11 is 0. The summed E-state index contributed by atoms with van der Waals surface area (Å²) in [6.07, 6.45) is 2.13. The fraction of sp³-hybridized carbons (Fsp3) is 0.438. The van der Waals surface area contributed by atoms with Crippen molar-refractivity contribution < 1.29 is 18.7 Å². The quantitative estimate of drug-likeness (QED) is 0.808. The summed E-state index contributed by atoms with van der Waals surface area (Å²) < 4.78 is 16.4. The molecule has 0 unspecified atom stereocenters. The third-order valence-electron chi connectivity index (χ3n) is 3.62. The normalized spacial score (nSPS) is 21.0. The van der Waals surface area contributed by atoms with E-state index in [1.807, 2.05) is 13.0 Å². The SMILES string of the molecule is Cc1nnc(-c2ccccc2C(=O)OC[C@@H]2CC[C@H](C)O2)o1. The lowest BCUT2D eigenvalue weighted by Gasteiger charge is -2.12. The predicted molar refractivity (Wildman–Crippen MR) is 78.3 cm³/mol. The number of benzene rings is 1. The summed E-state index contributed by atoms with van der Waals surface area (Å²) in [6, 6.07) is 7.04. The monoisotopic (exact) mass is 302 g/mol. The molecule has 1 aliphatic heterocycles. The van der Waals surface area contributed by atoms with Gasteiger partial charge in [0.1, 0.15) is 6.61 Å². The third-order valence-corrected chi connectivity index (χ3v) is 3.62. The van der Waals surface area contributed by atoms with Crippen molar-refractivity contribution in [3.63, 3.8) is 0 Å². The summed E-state index contributed by atoms with van der Waals surface area (Å²) in [5.41, 5.74) is 0.992. The standard InChI is InChI=1S/C16H18N2O4/c1-10-7-8-12(21-10)9-20-16(19)14-6-4-3-5-13(14)15-18-17-11(2)22-15/h3-6,10,12H,7-9H2,1-2H3/t10-,12-/m0/s1. The maximum Gasteiger partial charge on any atom is 0.339 e. The average Bonchev–Trinajstić information content (AvgIpc) is 3.13. The van der Waals surface area contributed by atoms with Crippen molar-refractivity contribution in [1.82, 2.24) is 10.2 Å². The zero-order valence-electron chi connectivity index (χ0n) is 12.6. The Morgan fingerprint density at radius 3 is 2.82 bits per heavy atom. The molecule has 0 bridgehead atoms. The lowest BCUT2D eigenvalue weighted by molar-refractivity contribution is -0.00262. The molecule has 2 aromatic rings. The smallest absolute Gasteiger partial charge is 0.339 e. The molecule has 0 N–H and O–H groups in total. The fourth-order valence-corrected chi connectivity index (χ4v) is 2.51. The molecule has 3 rings (SSSR count). The van der Waals surface area contributed by atoms with Gasteiger partial charge < -0.3 is 13.9 Å². The minimum atomic E-state index is -0.408. The van der Waals surface area contributed by atoms with E-state index in [4.69, 9.17) is 13.9 Å². The zero-order valence-corrected chi connectivity index (χ0v) is 12.6. The molecule has 22 heavy (non-hydrogen) atoms. The summed E-state index contributed by atoms with van der Waals surface area (Å²) in [5.74, 6) is 0.358. The molecule has 0 amide bonds. The lowest BCUT2D eigenvalue weighted by atomic mass is 10.1. The van der Waals surface area contributed by atoms with Crippen molar-refractivity contribution >= 4 is 5.97 Å². The zero-order chi connectivity index (χ0) is 15.5. The van der Waals surface area contributed by atoms with Crippen LogP contribution in [0.5, 0.6) is 0 Å². The molecule has 1 aromatic heterocycles. The number of carbonyl (C=O) groups is 1. The number of esters is 1. The summed E-state index contributed by atoms with van der Waals surface area (Å²) in [5, 5.41) is 7.75. The lowest BCUT2D eigenvalue weighted by Crippen LogP contribution is -2.19. The number of hydrogen-bond donors (Lipinski definition) is 0. The number of carbonyl (C=O) groups excluding carboxylic acids is 1. The largest absolute Gasteiger partial charge is 0.459 e. The molecule has 1 fully saturated rings. The van der Waals surface area contributed by atoms with E-state index in [0.29, 0.717) is 22.9 Å². The minimum Gasteiger partial charge on any atom is -0.459 e. The fourth-order valence-electron chi connectivity index (χ4n) is 2.51. The van der Waals surface area contributed by atoms with Gasteiger partial charge in [0, 0.05) is 6.92 Å². The van der Waals surface area contributed by atoms with Crippen molar-refractivity contribution in [2.75, 3.05) is 6.61 Å². The van der Waals surface area contributed by atoms with Gasteiger partial charge in [0.25, 0.3) is 0 Å². The number of rotatable bonds is 4. The number of aryl methyl sites for hydroxylation is 1. The Hall–Kier alpha value is -2.21. The molecule has 0 radical (unpaired) electrons. The first-order chi connectivity index (χ1) is 10.6. The van der Waals surface area contributed by atoms with Gasteiger partial charge in [-0.3, -0.25) is 0 Å². The summed E-state index contributed by atoms with van der Waals surface area (Å²) in [7, 11) is 0. The Kier molecular flexibility index (Phi) is 4.20. The van der Waals surface area contributed by atoms with Crippen LogP contribution in [-0.4, -0.2) is 35.0 Å². The highest BCUT2D eigenvalue weighted by molar-refractivity contribution is 5.96. The molecule has 6 heteroatoms. The summed E-state index contributed by atoms with van der Waals surface area (Å²) in [6.45, 7) is 3.99. The van der Waals surface area contributed by atoms with Crippen LogP contribution in [0.3, 0.4) is 0 Å². The van der Waals surface area contributed by atoms with Crippen LogP contribution in [0.1, 0.15) is 36.0 Å². The van der Waals surface area contributed by atoms with Crippen LogP contribution in [0.2, 0.25) is 0 Å². The maximum absolute atomic E-state index is 12.3. The van der Waals surface area contributed by atoms with E-state index in [9.17, 15) is 4.79 Å². The first kappa shape index (κ1) is 14.7. The second-order valence-corrected chi connectivity index (χ2v) is 5.42. The van der Waals surface area contributed by atoms with E-state index in [1.165, 1.54) is 0 Å². The van der Waals surface area contributed by atoms with Crippen molar-refractivity contribution in [3.8, 4) is 11.5 Å². The number of ether oxygens (including phenoxy) is 2. The van der Waals surface area contributed by atoms with Crippen molar-refractivity contribution in [1.29, 1.82) is 0 Å². The van der Waals surface area contributed by atoms with E-state index in [-0.39, 0.29) is 18.8 Å². The van der Waals surface area contributed by atoms with E-state index in [1.54, 1.807) is 25.1 Å². The van der Waals surface area contributed by atoms with Crippen molar-refractivity contribution in [3.05, 3.63) is 35.7 Å². The van der Waals surface area contributed by atoms with E-state index >= 15 is 0 Å². The molecule has 6 nitrogen and oxygen atoms in total. The van der Waals surface area contributed by atoms with Crippen molar-refractivity contribution in [2.24, 2.45) is 0 Å². The maximum atomic E-state index is 12.3. The highest BCUT2D eigenvalue weighted by atomic mass is 16.6. The van der Waals surface area contributed by atoms with Crippen LogP contribution in [0, 0.1) is 6.92 Å². The van der Waals surface area contributed by atoms with Crippen LogP contribution in [0.4, 0.5) is 0 Å². The molecule has 0 aliphatic carbocycles. The third kappa shape index (κ3) is 3.17. The molecular weight excluding hydrogens is 284 g/mol. The number of nitrogens with zero attached hydrogens (tertiary/aromatic N) is 2. The second-order valence-electron chi connectivity index (χ2n) is 5.42. The van der Waals surface area contributed by atoms with E-state index in [0.717, 1.165) is 12.8 Å². The summed E-state index contributed by atoms with van der Waals surface area (Å²) in [4.78, 5) is 12.3. The van der Waals surface area contributed by atoms with Gasteiger partial charge in [0.05, 0.1) is 23.3 Å². The van der Waals surface area contributed by atoms with Gasteiger partial charge in [0.15, 0.2) is 0 Å². The Morgan fingerprint density at radius 2 is 2.14 bits per heavy atom. The van der Waals surface area contributed by atoms with Crippen LogP contribution >= 0.6 is 0 Å². The molecule has 0 saturated carbocycles. The molecular formula is C16H18N2O4.